The van der Waals surface area contributed by atoms with Crippen LogP contribution in [-0.2, 0) is 4.79 Å². The van der Waals surface area contributed by atoms with Crippen molar-refractivity contribution in [2.45, 2.75) is 4.83 Å². The third-order valence-corrected chi connectivity index (χ3v) is 2.45. The maximum atomic E-state index is 11.3. The van der Waals surface area contributed by atoms with Crippen LogP contribution in [0.3, 0.4) is 0 Å². The molecule has 0 bridgehead atoms. The van der Waals surface area contributed by atoms with Gasteiger partial charge in [-0.1, -0.05) is 33.6 Å². The number of anilines is 1. The fourth-order valence-electron chi connectivity index (χ4n) is 0.752. The molecule has 0 aliphatic rings. The number of aromatic nitrogens is 1. The Morgan fingerprint density at radius 1 is 1.71 bits per heavy atom. The Kier molecular flexibility index (Phi) is 4.10. The summed E-state index contributed by atoms with van der Waals surface area (Å²) >= 11 is 8.77. The van der Waals surface area contributed by atoms with Gasteiger partial charge in [0, 0.05) is 6.20 Å². The highest BCUT2D eigenvalue weighted by Gasteiger charge is 2.10. The predicted molar refractivity (Wildman–Crippen MR) is 60.8 cm³/mol. The fourth-order valence-corrected chi connectivity index (χ4v) is 0.978. The Labute approximate surface area is 95.3 Å². The van der Waals surface area contributed by atoms with E-state index in [0.717, 1.165) is 0 Å². The number of hydrogen-bond acceptors (Lipinski definition) is 2. The van der Waals surface area contributed by atoms with E-state index in [4.69, 9.17) is 11.6 Å². The molecule has 0 unspecified atom stereocenters. The number of nitrogens with zero attached hydrogens (tertiary/aromatic N) is 1. The van der Waals surface area contributed by atoms with Gasteiger partial charge in [-0.25, -0.2) is 4.98 Å². The largest absolute Gasteiger partial charge is 0.309 e. The van der Waals surface area contributed by atoms with Crippen molar-refractivity contribution in [1.82, 2.24) is 4.98 Å². The maximum absolute atomic E-state index is 11.3. The maximum Gasteiger partial charge on any atom is 0.243 e. The van der Waals surface area contributed by atoms with Gasteiger partial charge < -0.3 is 5.32 Å². The molecule has 0 saturated carbocycles. The van der Waals surface area contributed by atoms with Crippen molar-refractivity contribution < 1.29 is 4.79 Å². The molecule has 1 N–H and O–H groups in total. The summed E-state index contributed by atoms with van der Waals surface area (Å²) in [6.07, 6.45) is 2.96. The Balaban J connectivity index is 2.65. The van der Waals surface area contributed by atoms with Crippen LogP contribution in [-0.4, -0.2) is 15.7 Å². The summed E-state index contributed by atoms with van der Waals surface area (Å²) in [6, 6.07) is 3.28. The van der Waals surface area contributed by atoms with Crippen LogP contribution < -0.4 is 5.32 Å². The molecular formula is C9H8BrClN2O. The van der Waals surface area contributed by atoms with E-state index in [1.807, 2.05) is 0 Å². The lowest BCUT2D eigenvalue weighted by Gasteiger charge is -2.05. The third-order valence-electron chi connectivity index (χ3n) is 1.44. The number of pyridine rings is 1. The molecule has 0 aliphatic heterocycles. The molecule has 1 heterocycles. The van der Waals surface area contributed by atoms with Crippen LogP contribution in [0.5, 0.6) is 0 Å². The molecule has 0 radical (unpaired) electrons. The van der Waals surface area contributed by atoms with Gasteiger partial charge in [-0.05, 0) is 12.1 Å². The summed E-state index contributed by atoms with van der Waals surface area (Å²) in [4.78, 5) is 14.8. The number of carbonyl (C=O) groups excluding carboxylic acids is 1. The SMILES string of the molecule is C=C[C@@H](Br)C(=O)Nc1ccc(Cl)cn1. The molecular weight excluding hydrogens is 267 g/mol. The Bertz CT molecular complexity index is 339. The minimum atomic E-state index is -0.417. The molecule has 0 aliphatic carbocycles. The van der Waals surface area contributed by atoms with Crippen molar-refractivity contribution in [3.05, 3.63) is 36.0 Å². The molecule has 1 rings (SSSR count). The quantitative estimate of drug-likeness (QED) is 0.680. The lowest BCUT2D eigenvalue weighted by atomic mass is 10.4. The zero-order valence-electron chi connectivity index (χ0n) is 7.21. The second kappa shape index (κ2) is 5.12. The van der Waals surface area contributed by atoms with Gasteiger partial charge in [0.2, 0.25) is 5.91 Å². The highest BCUT2D eigenvalue weighted by molar-refractivity contribution is 9.10. The topological polar surface area (TPSA) is 42.0 Å². The zero-order chi connectivity index (χ0) is 10.6. The van der Waals surface area contributed by atoms with Gasteiger partial charge in [-0.15, -0.1) is 6.58 Å². The number of hydrogen-bond donors (Lipinski definition) is 1. The van der Waals surface area contributed by atoms with Gasteiger partial charge in [-0.3, -0.25) is 4.79 Å². The fraction of sp³-hybridized carbons (Fsp3) is 0.111. The first-order chi connectivity index (χ1) is 6.63. The summed E-state index contributed by atoms with van der Waals surface area (Å²) in [7, 11) is 0. The second-order valence-electron chi connectivity index (χ2n) is 2.49. The number of alkyl halides is 1. The first-order valence-electron chi connectivity index (χ1n) is 3.82. The Hall–Kier alpha value is -0.870. The molecule has 14 heavy (non-hydrogen) atoms. The van der Waals surface area contributed by atoms with Crippen LogP contribution in [0.2, 0.25) is 5.02 Å². The summed E-state index contributed by atoms with van der Waals surface area (Å²) in [6.45, 7) is 3.49. The van der Waals surface area contributed by atoms with E-state index in [9.17, 15) is 4.79 Å². The third kappa shape index (κ3) is 3.12. The van der Waals surface area contributed by atoms with Gasteiger partial charge >= 0.3 is 0 Å². The molecule has 74 valence electrons. The van der Waals surface area contributed by atoms with Crippen LogP contribution in [0, 0.1) is 0 Å². The first-order valence-corrected chi connectivity index (χ1v) is 5.12. The molecule has 0 aromatic carbocycles. The Morgan fingerprint density at radius 2 is 2.43 bits per heavy atom. The second-order valence-corrected chi connectivity index (χ2v) is 3.91. The smallest absolute Gasteiger partial charge is 0.243 e. The zero-order valence-corrected chi connectivity index (χ0v) is 9.55. The number of amides is 1. The molecule has 1 aromatic rings. The average molecular weight is 276 g/mol. The normalized spacial score (nSPS) is 11.9. The number of rotatable bonds is 3. The van der Waals surface area contributed by atoms with Crippen molar-refractivity contribution in [3.63, 3.8) is 0 Å². The van der Waals surface area contributed by atoms with Crippen molar-refractivity contribution in [2.75, 3.05) is 5.32 Å². The highest BCUT2D eigenvalue weighted by atomic mass is 79.9. The van der Waals surface area contributed by atoms with Crippen molar-refractivity contribution >= 4 is 39.3 Å². The highest BCUT2D eigenvalue weighted by Crippen LogP contribution is 2.11. The van der Waals surface area contributed by atoms with Gasteiger partial charge in [0.05, 0.1) is 5.02 Å². The lowest BCUT2D eigenvalue weighted by molar-refractivity contribution is -0.114. The minimum absolute atomic E-state index is 0.213. The van der Waals surface area contributed by atoms with E-state index < -0.39 is 4.83 Å². The van der Waals surface area contributed by atoms with Crippen molar-refractivity contribution in [2.24, 2.45) is 0 Å². The van der Waals surface area contributed by atoms with Crippen LogP contribution in [0.15, 0.2) is 31.0 Å². The van der Waals surface area contributed by atoms with Crippen LogP contribution in [0.25, 0.3) is 0 Å². The van der Waals surface area contributed by atoms with Gasteiger partial charge in [0.25, 0.3) is 0 Å². The number of carbonyl (C=O) groups is 1. The van der Waals surface area contributed by atoms with Crippen LogP contribution >= 0.6 is 27.5 Å². The van der Waals surface area contributed by atoms with E-state index in [2.05, 4.69) is 32.8 Å². The molecule has 5 heteroatoms. The van der Waals surface area contributed by atoms with Crippen LogP contribution in [0.1, 0.15) is 0 Å². The molecule has 1 aromatic heterocycles. The molecule has 0 fully saturated rings. The van der Waals surface area contributed by atoms with Crippen molar-refractivity contribution in [1.29, 1.82) is 0 Å². The van der Waals surface area contributed by atoms with E-state index in [0.29, 0.717) is 10.8 Å². The molecule has 3 nitrogen and oxygen atoms in total. The van der Waals surface area contributed by atoms with E-state index in [-0.39, 0.29) is 5.91 Å². The summed E-state index contributed by atoms with van der Waals surface area (Å²) in [5.41, 5.74) is 0. The average Bonchev–Trinajstić information content (AvgIpc) is 2.20. The standard InChI is InChI=1S/C9H8BrClN2O/c1-2-7(10)9(14)13-8-4-3-6(11)5-12-8/h2-5,7H,1H2,(H,12,13,14)/t7-/m1/s1. The molecule has 0 saturated heterocycles. The van der Waals surface area contributed by atoms with E-state index in [1.54, 1.807) is 12.1 Å². The van der Waals surface area contributed by atoms with Crippen LogP contribution in [0.4, 0.5) is 5.82 Å². The Morgan fingerprint density at radius 3 is 2.93 bits per heavy atom. The number of nitrogens with one attached hydrogen (secondary N) is 1. The summed E-state index contributed by atoms with van der Waals surface area (Å²) in [5.74, 6) is 0.250. The van der Waals surface area contributed by atoms with Gasteiger partial charge in [0.1, 0.15) is 10.6 Å². The van der Waals surface area contributed by atoms with Crippen molar-refractivity contribution in [3.8, 4) is 0 Å². The van der Waals surface area contributed by atoms with Gasteiger partial charge in [-0.2, -0.15) is 0 Å². The molecule has 1 atom stereocenters. The monoisotopic (exact) mass is 274 g/mol. The number of halogens is 2. The van der Waals surface area contributed by atoms with E-state index >= 15 is 0 Å². The van der Waals surface area contributed by atoms with Gasteiger partial charge in [0.15, 0.2) is 0 Å². The predicted octanol–water partition coefficient (Wildman–Crippen LogP) is 2.62. The first kappa shape index (κ1) is 11.2. The minimum Gasteiger partial charge on any atom is -0.309 e. The molecule has 1 amide bonds. The van der Waals surface area contributed by atoms with E-state index in [1.165, 1.54) is 12.3 Å². The summed E-state index contributed by atoms with van der Waals surface area (Å²) in [5, 5.41) is 3.12. The summed E-state index contributed by atoms with van der Waals surface area (Å²) < 4.78 is 0. The lowest BCUT2D eigenvalue weighted by Crippen LogP contribution is -2.21. The molecule has 0 spiro atoms.